The fraction of sp³-hybridized carbons (Fsp3) is 0.294. The van der Waals surface area contributed by atoms with E-state index >= 15 is 0 Å². The molecule has 0 spiro atoms. The summed E-state index contributed by atoms with van der Waals surface area (Å²) in [6.07, 6.45) is 1.66. The monoisotopic (exact) mass is 317 g/mol. The highest BCUT2D eigenvalue weighted by atomic mass is 19.1. The number of nitrogens with zero attached hydrogens (tertiary/aromatic N) is 2. The van der Waals surface area contributed by atoms with Crippen LogP contribution in [0.4, 0.5) is 9.18 Å². The fourth-order valence-corrected chi connectivity index (χ4v) is 2.08. The Kier molecular flexibility index (Phi) is 5.51. The molecule has 0 bridgehead atoms. The molecule has 1 atom stereocenters. The Balaban J connectivity index is 1.92. The van der Waals surface area contributed by atoms with Crippen LogP contribution in [0.3, 0.4) is 0 Å². The van der Waals surface area contributed by atoms with Crippen LogP contribution < -0.4 is 10.1 Å². The zero-order valence-corrected chi connectivity index (χ0v) is 13.4. The number of aromatic nitrogens is 1. The number of amides is 2. The molecule has 0 aliphatic carbocycles. The van der Waals surface area contributed by atoms with Crippen LogP contribution >= 0.6 is 0 Å². The average Bonchev–Trinajstić information content (AvgIpc) is 2.59. The summed E-state index contributed by atoms with van der Waals surface area (Å²) in [6.45, 7) is 2.26. The van der Waals surface area contributed by atoms with Gasteiger partial charge >= 0.3 is 6.03 Å². The smallest absolute Gasteiger partial charge is 0.317 e. The van der Waals surface area contributed by atoms with E-state index in [1.807, 2.05) is 13.0 Å². The van der Waals surface area contributed by atoms with Crippen molar-refractivity contribution in [3.63, 3.8) is 0 Å². The number of halogens is 1. The molecule has 0 aliphatic rings. The van der Waals surface area contributed by atoms with Gasteiger partial charge in [-0.25, -0.2) is 14.2 Å². The van der Waals surface area contributed by atoms with Gasteiger partial charge in [0.05, 0.1) is 13.2 Å². The zero-order chi connectivity index (χ0) is 16.8. The van der Waals surface area contributed by atoms with Gasteiger partial charge in [-0.15, -0.1) is 0 Å². The summed E-state index contributed by atoms with van der Waals surface area (Å²) in [7, 11) is 3.26. The molecular weight excluding hydrogens is 297 g/mol. The molecule has 2 rings (SSSR count). The minimum atomic E-state index is -0.292. The molecule has 1 aromatic heterocycles. The Hall–Kier alpha value is -2.63. The lowest BCUT2D eigenvalue weighted by Gasteiger charge is -2.25. The number of urea groups is 1. The third-order valence-electron chi connectivity index (χ3n) is 3.70. The minimum absolute atomic E-state index is 0.162. The number of nitrogens with one attached hydrogen (secondary N) is 1. The second kappa shape index (κ2) is 7.58. The van der Waals surface area contributed by atoms with Gasteiger partial charge in [0.1, 0.15) is 5.82 Å². The summed E-state index contributed by atoms with van der Waals surface area (Å²) in [6, 6.07) is 9.35. The Morgan fingerprint density at radius 3 is 2.57 bits per heavy atom. The van der Waals surface area contributed by atoms with Crippen molar-refractivity contribution in [3.8, 4) is 5.88 Å². The fourth-order valence-electron chi connectivity index (χ4n) is 2.08. The van der Waals surface area contributed by atoms with E-state index < -0.39 is 0 Å². The second-order valence-corrected chi connectivity index (χ2v) is 5.21. The van der Waals surface area contributed by atoms with Crippen molar-refractivity contribution in [2.45, 2.75) is 19.5 Å². The first-order chi connectivity index (χ1) is 11.0. The van der Waals surface area contributed by atoms with Gasteiger partial charge < -0.3 is 15.0 Å². The highest BCUT2D eigenvalue weighted by molar-refractivity contribution is 5.74. The van der Waals surface area contributed by atoms with Crippen LogP contribution in [0.2, 0.25) is 0 Å². The van der Waals surface area contributed by atoms with E-state index in [0.717, 1.165) is 11.1 Å². The predicted molar refractivity (Wildman–Crippen MR) is 85.6 cm³/mol. The van der Waals surface area contributed by atoms with Gasteiger partial charge in [-0.05, 0) is 30.2 Å². The van der Waals surface area contributed by atoms with Crippen LogP contribution in [-0.4, -0.2) is 30.1 Å². The number of hydrogen-bond donors (Lipinski definition) is 1. The third-order valence-corrected chi connectivity index (χ3v) is 3.70. The van der Waals surface area contributed by atoms with Crippen LogP contribution in [0, 0.1) is 5.82 Å². The highest BCUT2D eigenvalue weighted by Crippen LogP contribution is 2.19. The molecule has 1 heterocycles. The van der Waals surface area contributed by atoms with Gasteiger partial charge in [0.15, 0.2) is 0 Å². The summed E-state index contributed by atoms with van der Waals surface area (Å²) in [4.78, 5) is 17.9. The van der Waals surface area contributed by atoms with Crippen molar-refractivity contribution >= 4 is 6.03 Å². The van der Waals surface area contributed by atoms with Crippen molar-refractivity contribution in [2.24, 2.45) is 0 Å². The summed E-state index contributed by atoms with van der Waals surface area (Å²) < 4.78 is 18.0. The third kappa shape index (κ3) is 4.42. The van der Waals surface area contributed by atoms with Crippen LogP contribution in [0.1, 0.15) is 24.1 Å². The standard InChI is InChI=1S/C17H20FN3O2/c1-12(14-5-7-15(18)8-6-14)21(2)17(22)20-11-13-4-9-16(23-3)19-10-13/h4-10,12H,11H2,1-3H3,(H,20,22). The zero-order valence-electron chi connectivity index (χ0n) is 13.4. The maximum absolute atomic E-state index is 13.0. The number of benzene rings is 1. The summed E-state index contributed by atoms with van der Waals surface area (Å²) in [5.41, 5.74) is 1.75. The number of rotatable bonds is 5. The second-order valence-electron chi connectivity index (χ2n) is 5.21. The molecule has 1 aromatic carbocycles. The molecule has 0 fully saturated rings. The summed E-state index contributed by atoms with van der Waals surface area (Å²) in [5, 5.41) is 2.83. The first-order valence-corrected chi connectivity index (χ1v) is 7.26. The van der Waals surface area contributed by atoms with Crippen molar-refractivity contribution in [3.05, 3.63) is 59.5 Å². The first-order valence-electron chi connectivity index (χ1n) is 7.26. The number of carbonyl (C=O) groups is 1. The molecule has 2 aromatic rings. The van der Waals surface area contributed by atoms with Gasteiger partial charge in [0, 0.05) is 25.9 Å². The average molecular weight is 317 g/mol. The quantitative estimate of drug-likeness (QED) is 0.922. The van der Waals surface area contributed by atoms with E-state index in [1.54, 1.807) is 43.5 Å². The topological polar surface area (TPSA) is 54.5 Å². The maximum atomic E-state index is 13.0. The van der Waals surface area contributed by atoms with Crippen molar-refractivity contribution < 1.29 is 13.9 Å². The molecule has 0 saturated carbocycles. The number of pyridine rings is 1. The Morgan fingerprint density at radius 1 is 1.30 bits per heavy atom. The van der Waals surface area contributed by atoms with Crippen LogP contribution in [0.15, 0.2) is 42.6 Å². The van der Waals surface area contributed by atoms with Gasteiger partial charge in [-0.3, -0.25) is 0 Å². The Labute approximate surface area is 135 Å². The van der Waals surface area contributed by atoms with Crippen molar-refractivity contribution in [1.29, 1.82) is 0 Å². The Morgan fingerprint density at radius 2 is 2.00 bits per heavy atom. The molecule has 0 radical (unpaired) electrons. The maximum Gasteiger partial charge on any atom is 0.317 e. The molecule has 5 nitrogen and oxygen atoms in total. The van der Waals surface area contributed by atoms with E-state index in [9.17, 15) is 9.18 Å². The minimum Gasteiger partial charge on any atom is -0.481 e. The largest absolute Gasteiger partial charge is 0.481 e. The number of methoxy groups -OCH3 is 1. The molecule has 122 valence electrons. The predicted octanol–water partition coefficient (Wildman–Crippen LogP) is 3.13. The highest BCUT2D eigenvalue weighted by Gasteiger charge is 2.17. The Bertz CT molecular complexity index is 644. The molecular formula is C17H20FN3O2. The van der Waals surface area contributed by atoms with E-state index in [0.29, 0.717) is 12.4 Å². The van der Waals surface area contributed by atoms with Crippen LogP contribution in [0.25, 0.3) is 0 Å². The number of hydrogen-bond acceptors (Lipinski definition) is 3. The van der Waals surface area contributed by atoms with Gasteiger partial charge in [-0.2, -0.15) is 0 Å². The summed E-state index contributed by atoms with van der Waals surface area (Å²) in [5.74, 6) is 0.238. The first kappa shape index (κ1) is 16.7. The lowest BCUT2D eigenvalue weighted by atomic mass is 10.1. The van der Waals surface area contributed by atoms with Crippen molar-refractivity contribution in [1.82, 2.24) is 15.2 Å². The van der Waals surface area contributed by atoms with E-state index in [2.05, 4.69) is 10.3 Å². The van der Waals surface area contributed by atoms with E-state index in [1.165, 1.54) is 12.1 Å². The summed E-state index contributed by atoms with van der Waals surface area (Å²) >= 11 is 0. The molecule has 0 aliphatic heterocycles. The molecule has 0 saturated heterocycles. The lowest BCUT2D eigenvalue weighted by Crippen LogP contribution is -2.38. The van der Waals surface area contributed by atoms with Crippen LogP contribution in [0.5, 0.6) is 5.88 Å². The molecule has 6 heteroatoms. The number of ether oxygens (including phenoxy) is 1. The van der Waals surface area contributed by atoms with Crippen molar-refractivity contribution in [2.75, 3.05) is 14.2 Å². The van der Waals surface area contributed by atoms with Gasteiger partial charge in [0.25, 0.3) is 0 Å². The molecule has 1 unspecified atom stereocenters. The molecule has 23 heavy (non-hydrogen) atoms. The van der Waals surface area contributed by atoms with E-state index in [-0.39, 0.29) is 17.9 Å². The van der Waals surface area contributed by atoms with Crippen LogP contribution in [-0.2, 0) is 6.54 Å². The van der Waals surface area contributed by atoms with Gasteiger partial charge in [-0.1, -0.05) is 18.2 Å². The normalized spacial score (nSPS) is 11.7. The molecule has 1 N–H and O–H groups in total. The van der Waals surface area contributed by atoms with E-state index in [4.69, 9.17) is 4.74 Å². The van der Waals surface area contributed by atoms with Gasteiger partial charge in [0.2, 0.25) is 5.88 Å². The number of carbonyl (C=O) groups excluding carboxylic acids is 1. The SMILES string of the molecule is COc1ccc(CNC(=O)N(C)C(C)c2ccc(F)cc2)cn1. The lowest BCUT2D eigenvalue weighted by molar-refractivity contribution is 0.194. The molecule has 2 amide bonds.